The van der Waals surface area contributed by atoms with Crippen LogP contribution in [0.5, 0.6) is 5.75 Å². The maximum atomic E-state index is 12.9. The maximum absolute atomic E-state index is 12.9. The molecule has 0 radical (unpaired) electrons. The predicted molar refractivity (Wildman–Crippen MR) is 109 cm³/mol. The van der Waals surface area contributed by atoms with E-state index >= 15 is 0 Å². The minimum absolute atomic E-state index is 0.257. The second-order valence-corrected chi connectivity index (χ2v) is 8.73. The Morgan fingerprint density at radius 3 is 2.39 bits per heavy atom. The molecule has 1 saturated heterocycles. The molecule has 0 amide bonds. The SMILES string of the molecule is COc1ccc(S(=O)(=O)NCc2ccccc2CN2CCOCC2)c(C)c1C. The van der Waals surface area contributed by atoms with Gasteiger partial charge in [0.05, 0.1) is 25.2 Å². The van der Waals surface area contributed by atoms with Gasteiger partial charge in [0.25, 0.3) is 0 Å². The van der Waals surface area contributed by atoms with Crippen molar-refractivity contribution >= 4 is 10.0 Å². The molecule has 0 bridgehead atoms. The van der Waals surface area contributed by atoms with Crippen molar-refractivity contribution in [3.8, 4) is 5.75 Å². The van der Waals surface area contributed by atoms with E-state index in [9.17, 15) is 8.42 Å². The largest absolute Gasteiger partial charge is 0.496 e. The molecule has 152 valence electrons. The average Bonchev–Trinajstić information content (AvgIpc) is 2.70. The van der Waals surface area contributed by atoms with Crippen LogP contribution in [-0.2, 0) is 27.8 Å². The van der Waals surface area contributed by atoms with Gasteiger partial charge in [-0.05, 0) is 48.2 Å². The van der Waals surface area contributed by atoms with Gasteiger partial charge in [-0.1, -0.05) is 24.3 Å². The number of morpholine rings is 1. The lowest BCUT2D eigenvalue weighted by molar-refractivity contribution is 0.0341. The quantitative estimate of drug-likeness (QED) is 0.768. The summed E-state index contributed by atoms with van der Waals surface area (Å²) in [5, 5.41) is 0. The van der Waals surface area contributed by atoms with Gasteiger partial charge in [-0.25, -0.2) is 13.1 Å². The first-order chi connectivity index (χ1) is 13.4. The molecule has 7 heteroatoms. The third-order valence-corrected chi connectivity index (χ3v) is 6.81. The van der Waals surface area contributed by atoms with Crippen molar-refractivity contribution in [3.05, 3.63) is 58.7 Å². The summed E-state index contributed by atoms with van der Waals surface area (Å²) >= 11 is 0. The Bertz CT molecular complexity index is 922. The van der Waals surface area contributed by atoms with E-state index < -0.39 is 10.0 Å². The highest BCUT2D eigenvalue weighted by Crippen LogP contribution is 2.27. The van der Waals surface area contributed by atoms with Crippen LogP contribution in [0.25, 0.3) is 0 Å². The summed E-state index contributed by atoms with van der Waals surface area (Å²) < 4.78 is 39.2. The Kier molecular flexibility index (Phi) is 6.72. The molecule has 0 saturated carbocycles. The van der Waals surface area contributed by atoms with Crippen LogP contribution in [0.2, 0.25) is 0 Å². The van der Waals surface area contributed by atoms with Crippen LogP contribution in [0.15, 0.2) is 41.3 Å². The van der Waals surface area contributed by atoms with Gasteiger partial charge in [0.2, 0.25) is 10.0 Å². The molecule has 0 aromatic heterocycles. The topological polar surface area (TPSA) is 67.9 Å². The summed E-state index contributed by atoms with van der Waals surface area (Å²) in [5.74, 6) is 0.687. The molecule has 1 fully saturated rings. The van der Waals surface area contributed by atoms with Gasteiger partial charge in [-0.15, -0.1) is 0 Å². The summed E-state index contributed by atoms with van der Waals surface area (Å²) in [6.07, 6.45) is 0. The van der Waals surface area contributed by atoms with Crippen molar-refractivity contribution in [3.63, 3.8) is 0 Å². The zero-order valence-corrected chi connectivity index (χ0v) is 17.5. The number of nitrogens with one attached hydrogen (secondary N) is 1. The van der Waals surface area contributed by atoms with Crippen LogP contribution >= 0.6 is 0 Å². The van der Waals surface area contributed by atoms with E-state index in [-0.39, 0.29) is 11.4 Å². The van der Waals surface area contributed by atoms with Crippen LogP contribution in [0.3, 0.4) is 0 Å². The van der Waals surface area contributed by atoms with Gasteiger partial charge >= 0.3 is 0 Å². The lowest BCUT2D eigenvalue weighted by Crippen LogP contribution is -2.36. The highest BCUT2D eigenvalue weighted by molar-refractivity contribution is 7.89. The van der Waals surface area contributed by atoms with Gasteiger partial charge in [-0.3, -0.25) is 4.90 Å². The van der Waals surface area contributed by atoms with Gasteiger partial charge in [-0.2, -0.15) is 0 Å². The summed E-state index contributed by atoms with van der Waals surface area (Å²) in [5.41, 5.74) is 3.65. The van der Waals surface area contributed by atoms with Crippen molar-refractivity contribution in [2.24, 2.45) is 0 Å². The molecule has 2 aromatic rings. The summed E-state index contributed by atoms with van der Waals surface area (Å²) in [7, 11) is -2.04. The Morgan fingerprint density at radius 1 is 1.04 bits per heavy atom. The third kappa shape index (κ3) is 4.72. The van der Waals surface area contributed by atoms with Gasteiger partial charge in [0.15, 0.2) is 0 Å². The van der Waals surface area contributed by atoms with E-state index in [0.29, 0.717) is 11.3 Å². The van der Waals surface area contributed by atoms with Crippen LogP contribution < -0.4 is 9.46 Å². The van der Waals surface area contributed by atoms with E-state index in [4.69, 9.17) is 9.47 Å². The van der Waals surface area contributed by atoms with Crippen LogP contribution in [0.1, 0.15) is 22.3 Å². The van der Waals surface area contributed by atoms with Gasteiger partial charge < -0.3 is 9.47 Å². The molecule has 0 atom stereocenters. The second kappa shape index (κ2) is 9.05. The minimum Gasteiger partial charge on any atom is -0.496 e. The average molecular weight is 405 g/mol. The Balaban J connectivity index is 1.76. The first-order valence-corrected chi connectivity index (χ1v) is 10.9. The molecule has 1 aliphatic heterocycles. The summed E-state index contributed by atoms with van der Waals surface area (Å²) in [4.78, 5) is 2.62. The first-order valence-electron chi connectivity index (χ1n) is 9.43. The van der Waals surface area contributed by atoms with Gasteiger partial charge in [0.1, 0.15) is 5.75 Å². The molecule has 0 unspecified atom stereocenters. The number of ether oxygens (including phenoxy) is 2. The molecule has 1 heterocycles. The fraction of sp³-hybridized carbons (Fsp3) is 0.429. The number of nitrogens with zero attached hydrogens (tertiary/aromatic N) is 1. The molecule has 2 aromatic carbocycles. The highest BCUT2D eigenvalue weighted by atomic mass is 32.2. The predicted octanol–water partition coefficient (Wildman–Crippen LogP) is 2.62. The normalized spacial score (nSPS) is 15.5. The monoisotopic (exact) mass is 404 g/mol. The van der Waals surface area contributed by atoms with Gasteiger partial charge in [0, 0.05) is 26.2 Å². The summed E-state index contributed by atoms with van der Waals surface area (Å²) in [6.45, 7) is 7.99. The molecular formula is C21H28N2O4S. The molecule has 28 heavy (non-hydrogen) atoms. The first kappa shape index (κ1) is 20.8. The Hall–Kier alpha value is -1.93. The van der Waals surface area contributed by atoms with Crippen molar-refractivity contribution in [2.75, 3.05) is 33.4 Å². The lowest BCUT2D eigenvalue weighted by atomic mass is 10.1. The molecule has 3 rings (SSSR count). The van der Waals surface area contributed by atoms with E-state index in [1.807, 2.05) is 25.1 Å². The van der Waals surface area contributed by atoms with Crippen LogP contribution in [0, 0.1) is 13.8 Å². The van der Waals surface area contributed by atoms with Crippen LogP contribution in [-0.4, -0.2) is 46.7 Å². The van der Waals surface area contributed by atoms with Crippen molar-refractivity contribution < 1.29 is 17.9 Å². The second-order valence-electron chi connectivity index (χ2n) is 7.00. The smallest absolute Gasteiger partial charge is 0.241 e. The number of benzene rings is 2. The maximum Gasteiger partial charge on any atom is 0.241 e. The number of rotatable bonds is 7. The molecule has 6 nitrogen and oxygen atoms in total. The van der Waals surface area contributed by atoms with Crippen molar-refractivity contribution in [2.45, 2.75) is 31.8 Å². The zero-order valence-electron chi connectivity index (χ0n) is 16.7. The van der Waals surface area contributed by atoms with Crippen LogP contribution in [0.4, 0.5) is 0 Å². The molecular weight excluding hydrogens is 376 g/mol. The number of methoxy groups -OCH3 is 1. The standard InChI is InChI=1S/C21H28N2O4S/c1-16-17(2)21(9-8-20(16)26-3)28(24,25)22-14-18-6-4-5-7-19(18)15-23-10-12-27-13-11-23/h4-9,22H,10-15H2,1-3H3. The number of hydrogen-bond acceptors (Lipinski definition) is 5. The van der Waals surface area contributed by atoms with E-state index in [1.54, 1.807) is 26.2 Å². The van der Waals surface area contributed by atoms with E-state index in [0.717, 1.165) is 49.5 Å². The van der Waals surface area contributed by atoms with E-state index in [1.165, 1.54) is 0 Å². The molecule has 0 spiro atoms. The fourth-order valence-electron chi connectivity index (χ4n) is 3.42. The Labute approximate surface area is 167 Å². The molecule has 0 aliphatic carbocycles. The summed E-state index contributed by atoms with van der Waals surface area (Å²) in [6, 6.07) is 11.3. The Morgan fingerprint density at radius 2 is 1.71 bits per heavy atom. The van der Waals surface area contributed by atoms with Crippen molar-refractivity contribution in [1.82, 2.24) is 9.62 Å². The third-order valence-electron chi connectivity index (χ3n) is 5.27. The number of hydrogen-bond donors (Lipinski definition) is 1. The fourth-order valence-corrected chi connectivity index (χ4v) is 4.72. The highest BCUT2D eigenvalue weighted by Gasteiger charge is 2.20. The molecule has 1 aliphatic rings. The minimum atomic E-state index is -3.63. The van der Waals surface area contributed by atoms with E-state index in [2.05, 4.69) is 15.7 Å². The molecule has 1 N–H and O–H groups in total. The lowest BCUT2D eigenvalue weighted by Gasteiger charge is -2.27. The zero-order chi connectivity index (χ0) is 20.1. The number of sulfonamides is 1. The van der Waals surface area contributed by atoms with Crippen molar-refractivity contribution in [1.29, 1.82) is 0 Å².